The van der Waals surface area contributed by atoms with Gasteiger partial charge in [0.2, 0.25) is 11.8 Å². The molecule has 1 atom stereocenters. The SMILES string of the molecule is COc1ccc(N2C[C@@H](C(=O)N3CCN(c4cccc(OC)c4)CC3)CC2=O)cc1. The monoisotopic (exact) mass is 409 g/mol. The summed E-state index contributed by atoms with van der Waals surface area (Å²) >= 11 is 0. The van der Waals surface area contributed by atoms with Crippen molar-refractivity contribution in [3.05, 3.63) is 48.5 Å². The average molecular weight is 409 g/mol. The molecule has 2 aliphatic heterocycles. The normalized spacial score (nSPS) is 19.2. The highest BCUT2D eigenvalue weighted by molar-refractivity contribution is 6.00. The lowest BCUT2D eigenvalue weighted by molar-refractivity contribution is -0.136. The van der Waals surface area contributed by atoms with Crippen molar-refractivity contribution in [1.82, 2.24) is 4.90 Å². The Bertz CT molecular complexity index is 907. The van der Waals surface area contributed by atoms with Crippen molar-refractivity contribution in [3.8, 4) is 11.5 Å². The zero-order valence-corrected chi connectivity index (χ0v) is 17.4. The van der Waals surface area contributed by atoms with Crippen LogP contribution in [0.15, 0.2) is 48.5 Å². The second kappa shape index (κ2) is 8.65. The molecule has 4 rings (SSSR count). The zero-order chi connectivity index (χ0) is 21.1. The van der Waals surface area contributed by atoms with Crippen molar-refractivity contribution in [2.45, 2.75) is 6.42 Å². The van der Waals surface area contributed by atoms with Gasteiger partial charge in [-0.2, -0.15) is 0 Å². The summed E-state index contributed by atoms with van der Waals surface area (Å²) in [7, 11) is 3.27. The van der Waals surface area contributed by atoms with Gasteiger partial charge in [0.1, 0.15) is 11.5 Å². The zero-order valence-electron chi connectivity index (χ0n) is 17.4. The van der Waals surface area contributed by atoms with Crippen molar-refractivity contribution in [1.29, 1.82) is 0 Å². The topological polar surface area (TPSA) is 62.3 Å². The molecule has 0 unspecified atom stereocenters. The van der Waals surface area contributed by atoms with E-state index in [4.69, 9.17) is 9.47 Å². The molecular weight excluding hydrogens is 382 g/mol. The number of rotatable bonds is 5. The highest BCUT2D eigenvalue weighted by Crippen LogP contribution is 2.28. The van der Waals surface area contributed by atoms with Crippen LogP contribution in [0.4, 0.5) is 11.4 Å². The molecule has 2 aromatic carbocycles. The van der Waals surface area contributed by atoms with E-state index in [0.717, 1.165) is 36.0 Å². The number of methoxy groups -OCH3 is 2. The predicted molar refractivity (Wildman–Crippen MR) is 115 cm³/mol. The third-order valence-electron chi connectivity index (χ3n) is 5.87. The highest BCUT2D eigenvalue weighted by atomic mass is 16.5. The van der Waals surface area contributed by atoms with Crippen LogP contribution in [0.2, 0.25) is 0 Å². The van der Waals surface area contributed by atoms with E-state index in [9.17, 15) is 9.59 Å². The first kappa shape index (κ1) is 20.1. The molecule has 2 fully saturated rings. The largest absolute Gasteiger partial charge is 0.497 e. The number of anilines is 2. The van der Waals surface area contributed by atoms with E-state index in [2.05, 4.69) is 11.0 Å². The van der Waals surface area contributed by atoms with Gasteiger partial charge < -0.3 is 24.2 Å². The molecule has 30 heavy (non-hydrogen) atoms. The van der Waals surface area contributed by atoms with E-state index < -0.39 is 0 Å². The van der Waals surface area contributed by atoms with E-state index in [1.165, 1.54) is 0 Å². The van der Waals surface area contributed by atoms with Crippen molar-refractivity contribution >= 4 is 23.2 Å². The summed E-state index contributed by atoms with van der Waals surface area (Å²) in [6.45, 7) is 3.27. The molecule has 2 heterocycles. The summed E-state index contributed by atoms with van der Waals surface area (Å²) in [5, 5.41) is 0. The molecule has 2 saturated heterocycles. The third-order valence-corrected chi connectivity index (χ3v) is 5.87. The fourth-order valence-electron chi connectivity index (χ4n) is 4.14. The molecule has 0 aliphatic carbocycles. The fraction of sp³-hybridized carbons (Fsp3) is 0.391. The maximum Gasteiger partial charge on any atom is 0.228 e. The molecule has 0 aromatic heterocycles. The summed E-state index contributed by atoms with van der Waals surface area (Å²) in [5.74, 6) is 1.35. The molecule has 2 aliphatic rings. The molecule has 0 bridgehead atoms. The first-order valence-corrected chi connectivity index (χ1v) is 10.2. The minimum atomic E-state index is -0.289. The van der Waals surface area contributed by atoms with Crippen molar-refractivity contribution in [3.63, 3.8) is 0 Å². The Hall–Kier alpha value is -3.22. The van der Waals surface area contributed by atoms with E-state index in [1.807, 2.05) is 47.4 Å². The van der Waals surface area contributed by atoms with Gasteiger partial charge in [-0.15, -0.1) is 0 Å². The lowest BCUT2D eigenvalue weighted by Crippen LogP contribution is -2.50. The third kappa shape index (κ3) is 4.06. The van der Waals surface area contributed by atoms with E-state index in [0.29, 0.717) is 19.6 Å². The number of carbonyl (C=O) groups excluding carboxylic acids is 2. The standard InChI is InChI=1S/C23H27N3O4/c1-29-20-8-6-18(7-9-20)26-16-17(14-22(26)27)23(28)25-12-10-24(11-13-25)19-4-3-5-21(15-19)30-2/h3-9,15,17H,10-14,16H2,1-2H3/t17-/m0/s1. The first-order chi connectivity index (χ1) is 14.6. The number of benzene rings is 2. The quantitative estimate of drug-likeness (QED) is 0.759. The molecule has 158 valence electrons. The van der Waals surface area contributed by atoms with Gasteiger partial charge in [0.25, 0.3) is 0 Å². The maximum absolute atomic E-state index is 13.1. The molecule has 7 heteroatoms. The molecule has 0 radical (unpaired) electrons. The summed E-state index contributed by atoms with van der Waals surface area (Å²) in [5.41, 5.74) is 1.90. The number of hydrogen-bond donors (Lipinski definition) is 0. The minimum absolute atomic E-state index is 0.00599. The minimum Gasteiger partial charge on any atom is -0.497 e. The molecule has 2 aromatic rings. The Balaban J connectivity index is 1.35. The van der Waals surface area contributed by atoms with Crippen LogP contribution in [0, 0.1) is 5.92 Å². The summed E-state index contributed by atoms with van der Waals surface area (Å²) in [6, 6.07) is 15.3. The van der Waals surface area contributed by atoms with Gasteiger partial charge in [-0.25, -0.2) is 0 Å². The summed E-state index contributed by atoms with van der Waals surface area (Å²) < 4.78 is 10.5. The summed E-state index contributed by atoms with van der Waals surface area (Å²) in [6.07, 6.45) is 0.265. The second-order valence-corrected chi connectivity index (χ2v) is 7.62. The molecule has 7 nitrogen and oxygen atoms in total. The van der Waals surface area contributed by atoms with Gasteiger partial charge in [-0.05, 0) is 36.4 Å². The molecule has 0 N–H and O–H groups in total. The van der Waals surface area contributed by atoms with Crippen LogP contribution in [-0.4, -0.2) is 63.7 Å². The number of nitrogens with zero attached hydrogens (tertiary/aromatic N) is 3. The predicted octanol–water partition coefficient (Wildman–Crippen LogP) is 2.41. The van der Waals surface area contributed by atoms with Gasteiger partial charge in [-0.1, -0.05) is 6.07 Å². The average Bonchev–Trinajstić information content (AvgIpc) is 3.20. The van der Waals surface area contributed by atoms with Crippen LogP contribution in [0.3, 0.4) is 0 Å². The molecule has 0 saturated carbocycles. The van der Waals surface area contributed by atoms with Gasteiger partial charge in [0, 0.05) is 56.6 Å². The molecule has 2 amide bonds. The Labute approximate surface area is 176 Å². The van der Waals surface area contributed by atoms with Crippen molar-refractivity contribution < 1.29 is 19.1 Å². The van der Waals surface area contributed by atoms with Gasteiger partial charge in [-0.3, -0.25) is 9.59 Å². The van der Waals surface area contributed by atoms with Gasteiger partial charge in [0.15, 0.2) is 0 Å². The van der Waals surface area contributed by atoms with Crippen LogP contribution in [0.5, 0.6) is 11.5 Å². The van der Waals surface area contributed by atoms with Crippen molar-refractivity contribution in [2.75, 3.05) is 56.7 Å². The maximum atomic E-state index is 13.1. The van der Waals surface area contributed by atoms with Crippen LogP contribution in [-0.2, 0) is 9.59 Å². The van der Waals surface area contributed by atoms with Gasteiger partial charge in [0.05, 0.1) is 20.1 Å². The van der Waals surface area contributed by atoms with Crippen LogP contribution in [0.25, 0.3) is 0 Å². The lowest BCUT2D eigenvalue weighted by atomic mass is 10.1. The number of amides is 2. The second-order valence-electron chi connectivity index (χ2n) is 7.62. The Morgan fingerprint density at radius 2 is 1.60 bits per heavy atom. The number of hydrogen-bond acceptors (Lipinski definition) is 5. The Kier molecular flexibility index (Phi) is 5.79. The molecular formula is C23H27N3O4. The van der Waals surface area contributed by atoms with Crippen LogP contribution < -0.4 is 19.3 Å². The smallest absolute Gasteiger partial charge is 0.228 e. The van der Waals surface area contributed by atoms with Crippen LogP contribution in [0.1, 0.15) is 6.42 Å². The van der Waals surface area contributed by atoms with E-state index in [-0.39, 0.29) is 24.2 Å². The first-order valence-electron chi connectivity index (χ1n) is 10.2. The van der Waals surface area contributed by atoms with E-state index >= 15 is 0 Å². The fourth-order valence-corrected chi connectivity index (χ4v) is 4.14. The molecule has 0 spiro atoms. The van der Waals surface area contributed by atoms with Crippen LogP contribution >= 0.6 is 0 Å². The summed E-state index contributed by atoms with van der Waals surface area (Å²) in [4.78, 5) is 31.4. The highest BCUT2D eigenvalue weighted by Gasteiger charge is 2.38. The van der Waals surface area contributed by atoms with Crippen molar-refractivity contribution in [2.24, 2.45) is 5.92 Å². The van der Waals surface area contributed by atoms with E-state index in [1.54, 1.807) is 19.1 Å². The Morgan fingerprint density at radius 1 is 0.900 bits per heavy atom. The lowest BCUT2D eigenvalue weighted by Gasteiger charge is -2.37. The Morgan fingerprint density at radius 3 is 2.27 bits per heavy atom. The number of carbonyl (C=O) groups is 2. The van der Waals surface area contributed by atoms with Gasteiger partial charge >= 0.3 is 0 Å². The number of piperazine rings is 1. The number of ether oxygens (including phenoxy) is 2.